The minimum atomic E-state index is -0.173. The molecule has 0 aliphatic carbocycles. The molecule has 20 heavy (non-hydrogen) atoms. The van der Waals surface area contributed by atoms with Crippen LogP contribution in [0.1, 0.15) is 6.42 Å². The molecular formula is C12H14BrN5O2. The van der Waals surface area contributed by atoms with E-state index in [0.29, 0.717) is 17.0 Å². The number of hydrogen-bond donors (Lipinski definition) is 1. The number of methoxy groups -OCH3 is 1. The summed E-state index contributed by atoms with van der Waals surface area (Å²) in [5, 5.41) is 0. The first-order chi connectivity index (χ1) is 9.61. The van der Waals surface area contributed by atoms with Crippen LogP contribution in [-0.4, -0.2) is 40.5 Å². The van der Waals surface area contributed by atoms with Crippen LogP contribution in [0.25, 0.3) is 5.52 Å². The molecule has 1 aliphatic rings. The molecule has 106 valence electrons. The molecule has 7 nitrogen and oxygen atoms in total. The Hall–Kier alpha value is -1.83. The second-order valence-corrected chi connectivity index (χ2v) is 5.44. The summed E-state index contributed by atoms with van der Waals surface area (Å²) in [7, 11) is 1.42. The maximum Gasteiger partial charge on any atom is 0.310 e. The zero-order valence-electron chi connectivity index (χ0n) is 10.9. The van der Waals surface area contributed by atoms with Crippen molar-refractivity contribution in [2.24, 2.45) is 5.92 Å². The number of rotatable bonds is 2. The molecule has 0 radical (unpaired) electrons. The van der Waals surface area contributed by atoms with E-state index >= 15 is 0 Å². The molecule has 0 bridgehead atoms. The van der Waals surface area contributed by atoms with Gasteiger partial charge in [0.25, 0.3) is 0 Å². The van der Waals surface area contributed by atoms with Gasteiger partial charge in [-0.1, -0.05) is 0 Å². The molecule has 1 fully saturated rings. The van der Waals surface area contributed by atoms with Gasteiger partial charge in [-0.05, 0) is 22.4 Å². The number of nitrogens with zero attached hydrogens (tertiary/aromatic N) is 4. The molecule has 1 aliphatic heterocycles. The molecule has 3 rings (SSSR count). The largest absolute Gasteiger partial charge is 0.469 e. The van der Waals surface area contributed by atoms with Crippen molar-refractivity contribution in [3.8, 4) is 0 Å². The lowest BCUT2D eigenvalue weighted by Crippen LogP contribution is -2.25. The average molecular weight is 340 g/mol. The Bertz CT molecular complexity index is 671. The van der Waals surface area contributed by atoms with E-state index in [4.69, 9.17) is 10.5 Å². The second-order valence-electron chi connectivity index (χ2n) is 4.69. The number of imidazole rings is 1. The van der Waals surface area contributed by atoms with E-state index in [0.717, 1.165) is 24.4 Å². The number of carbonyl (C=O) groups is 1. The van der Waals surface area contributed by atoms with Gasteiger partial charge in [0, 0.05) is 25.5 Å². The van der Waals surface area contributed by atoms with E-state index < -0.39 is 0 Å². The fraction of sp³-hybridized carbons (Fsp3) is 0.417. The van der Waals surface area contributed by atoms with Gasteiger partial charge in [-0.2, -0.15) is 0 Å². The Morgan fingerprint density at radius 3 is 3.15 bits per heavy atom. The van der Waals surface area contributed by atoms with Gasteiger partial charge in [0.15, 0.2) is 5.82 Å². The van der Waals surface area contributed by atoms with E-state index in [1.165, 1.54) is 7.11 Å². The van der Waals surface area contributed by atoms with Crippen LogP contribution in [0.15, 0.2) is 17.0 Å². The molecule has 8 heteroatoms. The number of fused-ring (bicyclic) bond motifs is 1. The predicted octanol–water partition coefficient (Wildman–Crippen LogP) is 1.07. The first-order valence-corrected chi connectivity index (χ1v) is 7.02. The number of halogens is 1. The summed E-state index contributed by atoms with van der Waals surface area (Å²) < 4.78 is 7.33. The highest BCUT2D eigenvalue weighted by atomic mass is 79.9. The SMILES string of the molecule is COC(=O)[C@@H]1CCN(c2nc(Br)c3c(N)nccn23)C1. The van der Waals surface area contributed by atoms with Crippen molar-refractivity contribution in [3.05, 3.63) is 17.0 Å². The van der Waals surface area contributed by atoms with Crippen LogP contribution in [0.2, 0.25) is 0 Å². The number of ether oxygens (including phenoxy) is 1. The summed E-state index contributed by atoms with van der Waals surface area (Å²) in [6.45, 7) is 1.36. The zero-order valence-corrected chi connectivity index (χ0v) is 12.5. The maximum atomic E-state index is 11.6. The van der Waals surface area contributed by atoms with Crippen molar-refractivity contribution in [2.75, 3.05) is 30.8 Å². The van der Waals surface area contributed by atoms with Crippen LogP contribution in [-0.2, 0) is 9.53 Å². The number of nitrogens with two attached hydrogens (primary N) is 1. The summed E-state index contributed by atoms with van der Waals surface area (Å²) in [5.74, 6) is 0.896. The zero-order chi connectivity index (χ0) is 14.3. The van der Waals surface area contributed by atoms with Crippen molar-refractivity contribution in [1.82, 2.24) is 14.4 Å². The van der Waals surface area contributed by atoms with E-state index in [-0.39, 0.29) is 11.9 Å². The Balaban J connectivity index is 1.96. The quantitative estimate of drug-likeness (QED) is 0.824. The van der Waals surface area contributed by atoms with Crippen molar-refractivity contribution >= 4 is 39.2 Å². The van der Waals surface area contributed by atoms with Crippen LogP contribution < -0.4 is 10.6 Å². The molecule has 2 N–H and O–H groups in total. The summed E-state index contributed by atoms with van der Waals surface area (Å²) in [6.07, 6.45) is 4.21. The molecule has 0 amide bonds. The van der Waals surface area contributed by atoms with Crippen molar-refractivity contribution in [1.29, 1.82) is 0 Å². The van der Waals surface area contributed by atoms with Crippen molar-refractivity contribution < 1.29 is 9.53 Å². The van der Waals surface area contributed by atoms with Gasteiger partial charge in [0.2, 0.25) is 5.95 Å². The Morgan fingerprint density at radius 1 is 1.60 bits per heavy atom. The molecule has 0 spiro atoms. The topological polar surface area (TPSA) is 85.8 Å². The Kier molecular flexibility index (Phi) is 3.25. The molecule has 3 heterocycles. The number of carbonyl (C=O) groups excluding carboxylic acids is 1. The third kappa shape index (κ3) is 2.00. The molecule has 2 aromatic rings. The summed E-state index contributed by atoms with van der Waals surface area (Å²) in [5.41, 5.74) is 6.61. The lowest BCUT2D eigenvalue weighted by molar-refractivity contribution is -0.144. The first-order valence-electron chi connectivity index (χ1n) is 6.22. The number of nitrogen functional groups attached to an aromatic ring is 1. The van der Waals surface area contributed by atoms with E-state index in [1.807, 2.05) is 10.6 Å². The molecule has 1 saturated heterocycles. The highest BCUT2D eigenvalue weighted by molar-refractivity contribution is 9.10. The van der Waals surface area contributed by atoms with Crippen molar-refractivity contribution in [3.63, 3.8) is 0 Å². The molecule has 0 aromatic carbocycles. The average Bonchev–Trinajstić information content (AvgIpc) is 3.04. The summed E-state index contributed by atoms with van der Waals surface area (Å²) >= 11 is 3.40. The number of anilines is 2. The molecule has 0 saturated carbocycles. The number of esters is 1. The highest BCUT2D eigenvalue weighted by Gasteiger charge is 2.31. The van der Waals surface area contributed by atoms with Crippen LogP contribution in [0.4, 0.5) is 11.8 Å². The normalized spacial score (nSPS) is 18.7. The highest BCUT2D eigenvalue weighted by Crippen LogP contribution is 2.30. The monoisotopic (exact) mass is 339 g/mol. The lowest BCUT2D eigenvalue weighted by Gasteiger charge is -2.16. The molecule has 0 unspecified atom stereocenters. The lowest BCUT2D eigenvalue weighted by atomic mass is 10.1. The Labute approximate surface area is 123 Å². The maximum absolute atomic E-state index is 11.6. The Morgan fingerprint density at radius 2 is 2.40 bits per heavy atom. The van der Waals surface area contributed by atoms with Crippen LogP contribution in [0.5, 0.6) is 0 Å². The van der Waals surface area contributed by atoms with Gasteiger partial charge in [0.1, 0.15) is 10.1 Å². The van der Waals surface area contributed by atoms with Gasteiger partial charge in [-0.15, -0.1) is 0 Å². The van der Waals surface area contributed by atoms with Gasteiger partial charge in [-0.3, -0.25) is 9.20 Å². The first kappa shape index (κ1) is 13.2. The van der Waals surface area contributed by atoms with Gasteiger partial charge >= 0.3 is 5.97 Å². The molecular weight excluding hydrogens is 326 g/mol. The minimum Gasteiger partial charge on any atom is -0.469 e. The van der Waals surface area contributed by atoms with Gasteiger partial charge in [-0.25, -0.2) is 9.97 Å². The van der Waals surface area contributed by atoms with Crippen LogP contribution in [0.3, 0.4) is 0 Å². The number of aromatic nitrogens is 3. The fourth-order valence-electron chi connectivity index (χ4n) is 2.53. The summed E-state index contributed by atoms with van der Waals surface area (Å²) in [4.78, 5) is 22.2. The number of hydrogen-bond acceptors (Lipinski definition) is 6. The van der Waals surface area contributed by atoms with Gasteiger partial charge in [0.05, 0.1) is 13.0 Å². The summed E-state index contributed by atoms with van der Waals surface area (Å²) in [6, 6.07) is 0. The third-order valence-corrected chi connectivity index (χ3v) is 4.08. The fourth-order valence-corrected chi connectivity index (χ4v) is 3.08. The second kappa shape index (κ2) is 4.93. The predicted molar refractivity (Wildman–Crippen MR) is 77.4 cm³/mol. The molecule has 2 aromatic heterocycles. The van der Waals surface area contributed by atoms with Crippen LogP contribution >= 0.6 is 15.9 Å². The standard InChI is InChI=1S/C12H14BrN5O2/c1-20-11(19)7-2-4-17(6-7)12-16-9(13)8-10(14)15-3-5-18(8)12/h3,5,7H,2,4,6H2,1H3,(H2,14,15)/t7-/m1/s1. The minimum absolute atomic E-state index is 0.106. The molecule has 1 atom stereocenters. The smallest absolute Gasteiger partial charge is 0.310 e. The van der Waals surface area contributed by atoms with E-state index in [2.05, 4.69) is 30.8 Å². The van der Waals surface area contributed by atoms with E-state index in [9.17, 15) is 4.79 Å². The van der Waals surface area contributed by atoms with Crippen LogP contribution in [0, 0.1) is 5.92 Å². The van der Waals surface area contributed by atoms with Crippen molar-refractivity contribution in [2.45, 2.75) is 6.42 Å². The van der Waals surface area contributed by atoms with E-state index in [1.54, 1.807) is 6.20 Å². The van der Waals surface area contributed by atoms with Gasteiger partial charge < -0.3 is 15.4 Å². The third-order valence-electron chi connectivity index (χ3n) is 3.53.